The number of nitrogens with zero attached hydrogens (tertiary/aromatic N) is 1. The van der Waals surface area contributed by atoms with Crippen LogP contribution in [0.1, 0.15) is 74.8 Å². The minimum Gasteiger partial charge on any atom is -0.247 e. The standard InChI is InChI=1S/C23H28N/c1-17-15-16-20-19-13-9-10-14-21(19)24-23(20)22(17)18-11-7-5-3-2-4-6-8-12-18/h9-10,13-16,18H,2-8,11-12H2,1H3. The van der Waals surface area contributed by atoms with Crippen molar-refractivity contribution < 1.29 is 0 Å². The molecule has 0 aromatic heterocycles. The van der Waals surface area contributed by atoms with Gasteiger partial charge in [-0.3, -0.25) is 0 Å². The topological polar surface area (TPSA) is 14.1 Å². The highest BCUT2D eigenvalue weighted by Crippen LogP contribution is 2.48. The molecule has 2 aromatic carbocycles. The second-order valence-electron chi connectivity index (χ2n) is 7.57. The fourth-order valence-electron chi connectivity index (χ4n) is 4.58. The van der Waals surface area contributed by atoms with Crippen LogP contribution in [0.4, 0.5) is 11.4 Å². The van der Waals surface area contributed by atoms with E-state index in [0.717, 1.165) is 5.69 Å². The number of rotatable bonds is 1. The van der Waals surface area contributed by atoms with Crippen LogP contribution in [-0.2, 0) is 0 Å². The van der Waals surface area contributed by atoms with Crippen LogP contribution in [0.15, 0.2) is 36.4 Å². The van der Waals surface area contributed by atoms with Crippen molar-refractivity contribution in [1.29, 1.82) is 0 Å². The third-order valence-corrected chi connectivity index (χ3v) is 5.87. The predicted octanol–water partition coefficient (Wildman–Crippen LogP) is 7.15. The Balaban J connectivity index is 1.69. The molecule has 0 amide bonds. The molecule has 0 saturated heterocycles. The van der Waals surface area contributed by atoms with Crippen molar-refractivity contribution in [1.82, 2.24) is 5.32 Å². The lowest BCUT2D eigenvalue weighted by Gasteiger charge is -2.23. The average Bonchev–Trinajstić information content (AvgIpc) is 2.98. The van der Waals surface area contributed by atoms with Gasteiger partial charge in [0, 0.05) is 11.1 Å². The molecular formula is C23H28N. The van der Waals surface area contributed by atoms with Gasteiger partial charge in [0.05, 0.1) is 11.4 Å². The zero-order valence-corrected chi connectivity index (χ0v) is 14.9. The second-order valence-corrected chi connectivity index (χ2v) is 7.57. The van der Waals surface area contributed by atoms with Gasteiger partial charge in [-0.1, -0.05) is 75.3 Å². The number of fused-ring (bicyclic) bond motifs is 3. The van der Waals surface area contributed by atoms with Gasteiger partial charge >= 0.3 is 0 Å². The Morgan fingerprint density at radius 1 is 0.750 bits per heavy atom. The molecule has 1 aliphatic carbocycles. The van der Waals surface area contributed by atoms with Crippen LogP contribution in [0.5, 0.6) is 0 Å². The first-order chi connectivity index (χ1) is 11.8. The maximum Gasteiger partial charge on any atom is 0.0753 e. The predicted molar refractivity (Wildman–Crippen MR) is 102 cm³/mol. The molecule has 1 radical (unpaired) electrons. The second kappa shape index (κ2) is 7.01. The van der Waals surface area contributed by atoms with E-state index in [1.807, 2.05) is 0 Å². The summed E-state index contributed by atoms with van der Waals surface area (Å²) in [6.07, 6.45) is 12.5. The van der Waals surface area contributed by atoms with E-state index in [1.54, 1.807) is 5.56 Å². The Kier molecular flexibility index (Phi) is 4.60. The molecule has 0 atom stereocenters. The summed E-state index contributed by atoms with van der Waals surface area (Å²) in [7, 11) is 0. The molecule has 1 heteroatoms. The summed E-state index contributed by atoms with van der Waals surface area (Å²) < 4.78 is 0. The molecule has 0 N–H and O–H groups in total. The maximum atomic E-state index is 5.05. The SMILES string of the molecule is Cc1ccc2c(c1C1CCCCCCCCC1)[N]c1ccccc1-2. The molecule has 1 aliphatic heterocycles. The lowest BCUT2D eigenvalue weighted by Crippen LogP contribution is -2.06. The summed E-state index contributed by atoms with van der Waals surface area (Å²) in [5.74, 6) is 0.691. The van der Waals surface area contributed by atoms with Crippen LogP contribution in [0, 0.1) is 6.92 Å². The first kappa shape index (κ1) is 15.7. The third kappa shape index (κ3) is 2.97. The minimum absolute atomic E-state index is 0.691. The van der Waals surface area contributed by atoms with Gasteiger partial charge in [-0.15, -0.1) is 0 Å². The first-order valence-electron chi connectivity index (χ1n) is 9.79. The van der Waals surface area contributed by atoms with E-state index < -0.39 is 0 Å². The zero-order chi connectivity index (χ0) is 16.4. The van der Waals surface area contributed by atoms with Crippen LogP contribution >= 0.6 is 0 Å². The Morgan fingerprint density at radius 3 is 2.17 bits per heavy atom. The molecule has 2 aliphatic rings. The van der Waals surface area contributed by atoms with Crippen molar-refractivity contribution >= 4 is 11.4 Å². The number of benzene rings is 2. The monoisotopic (exact) mass is 318 g/mol. The van der Waals surface area contributed by atoms with Gasteiger partial charge in [0.25, 0.3) is 0 Å². The Morgan fingerprint density at radius 2 is 1.42 bits per heavy atom. The lowest BCUT2D eigenvalue weighted by atomic mass is 9.83. The number of para-hydroxylation sites is 1. The van der Waals surface area contributed by atoms with Crippen molar-refractivity contribution in [2.24, 2.45) is 0 Å². The molecule has 24 heavy (non-hydrogen) atoms. The van der Waals surface area contributed by atoms with E-state index in [2.05, 4.69) is 43.3 Å². The highest BCUT2D eigenvalue weighted by Gasteiger charge is 2.27. The largest absolute Gasteiger partial charge is 0.247 e. The van der Waals surface area contributed by atoms with Gasteiger partial charge in [-0.25, -0.2) is 5.32 Å². The molecule has 1 nitrogen and oxygen atoms in total. The van der Waals surface area contributed by atoms with Gasteiger partial charge in [-0.2, -0.15) is 0 Å². The van der Waals surface area contributed by atoms with E-state index in [9.17, 15) is 0 Å². The molecule has 4 rings (SSSR count). The zero-order valence-electron chi connectivity index (χ0n) is 14.9. The van der Waals surface area contributed by atoms with Crippen LogP contribution in [-0.4, -0.2) is 0 Å². The number of hydrogen-bond acceptors (Lipinski definition) is 0. The fourth-order valence-corrected chi connectivity index (χ4v) is 4.58. The summed E-state index contributed by atoms with van der Waals surface area (Å²) in [6.45, 7) is 2.28. The van der Waals surface area contributed by atoms with Gasteiger partial charge in [0.2, 0.25) is 0 Å². The van der Waals surface area contributed by atoms with Gasteiger partial charge in [0.15, 0.2) is 0 Å². The smallest absolute Gasteiger partial charge is 0.0753 e. The van der Waals surface area contributed by atoms with Crippen molar-refractivity contribution in [2.45, 2.75) is 70.6 Å². The van der Waals surface area contributed by atoms with Gasteiger partial charge in [0.1, 0.15) is 0 Å². The lowest BCUT2D eigenvalue weighted by molar-refractivity contribution is 0.462. The molecular weight excluding hydrogens is 290 g/mol. The van der Waals surface area contributed by atoms with Crippen LogP contribution < -0.4 is 5.32 Å². The summed E-state index contributed by atoms with van der Waals surface area (Å²) in [5, 5.41) is 5.05. The third-order valence-electron chi connectivity index (χ3n) is 5.87. The first-order valence-corrected chi connectivity index (χ1v) is 9.79. The molecule has 0 bridgehead atoms. The molecule has 0 spiro atoms. The number of aryl methyl sites for hydroxylation is 1. The van der Waals surface area contributed by atoms with Crippen molar-refractivity contribution in [3.8, 4) is 11.1 Å². The summed E-state index contributed by atoms with van der Waals surface area (Å²) in [5.41, 5.74) is 8.08. The highest BCUT2D eigenvalue weighted by molar-refractivity contribution is 5.92. The van der Waals surface area contributed by atoms with Gasteiger partial charge in [-0.05, 0) is 42.9 Å². The molecule has 0 unspecified atom stereocenters. The number of hydrogen-bond donors (Lipinski definition) is 0. The van der Waals surface area contributed by atoms with Crippen molar-refractivity contribution in [3.63, 3.8) is 0 Å². The van der Waals surface area contributed by atoms with Crippen molar-refractivity contribution in [3.05, 3.63) is 47.5 Å². The summed E-state index contributed by atoms with van der Waals surface area (Å²) in [4.78, 5) is 0. The van der Waals surface area contributed by atoms with E-state index in [4.69, 9.17) is 5.32 Å². The Labute approximate surface area is 146 Å². The fraction of sp³-hybridized carbons (Fsp3) is 0.478. The highest BCUT2D eigenvalue weighted by atomic mass is 14.9. The van der Waals surface area contributed by atoms with Crippen LogP contribution in [0.25, 0.3) is 11.1 Å². The Hall–Kier alpha value is -1.76. The molecule has 1 heterocycles. The van der Waals surface area contributed by atoms with Crippen LogP contribution in [0.3, 0.4) is 0 Å². The van der Waals surface area contributed by atoms with Crippen LogP contribution in [0.2, 0.25) is 0 Å². The van der Waals surface area contributed by atoms with E-state index >= 15 is 0 Å². The van der Waals surface area contributed by atoms with E-state index in [0.29, 0.717) is 5.92 Å². The molecule has 125 valence electrons. The Bertz CT molecular complexity index is 706. The molecule has 1 saturated carbocycles. The maximum absolute atomic E-state index is 5.05. The summed E-state index contributed by atoms with van der Waals surface area (Å²) in [6, 6.07) is 13.2. The van der Waals surface area contributed by atoms with Crippen molar-refractivity contribution in [2.75, 3.05) is 0 Å². The molecule has 2 aromatic rings. The normalized spacial score (nSPS) is 18.5. The van der Waals surface area contributed by atoms with E-state index in [1.165, 1.54) is 80.2 Å². The quantitative estimate of drug-likeness (QED) is 0.452. The van der Waals surface area contributed by atoms with E-state index in [-0.39, 0.29) is 0 Å². The summed E-state index contributed by atoms with van der Waals surface area (Å²) >= 11 is 0. The average molecular weight is 318 g/mol. The molecule has 1 fully saturated rings. The minimum atomic E-state index is 0.691. The van der Waals surface area contributed by atoms with Gasteiger partial charge < -0.3 is 0 Å².